The van der Waals surface area contributed by atoms with E-state index in [-0.39, 0.29) is 11.5 Å². The molecule has 1 saturated carbocycles. The summed E-state index contributed by atoms with van der Waals surface area (Å²) in [5.41, 5.74) is 3.93. The Balaban J connectivity index is 1.89. The quantitative estimate of drug-likeness (QED) is 0.617. The molecule has 2 atom stereocenters. The minimum Gasteiger partial charge on any atom is -0.489 e. The molecule has 1 aliphatic carbocycles. The Bertz CT molecular complexity index is 720. The number of benzene rings is 2. The Morgan fingerprint density at radius 2 is 1.85 bits per heavy atom. The molecule has 27 heavy (non-hydrogen) atoms. The maximum Gasteiger partial charge on any atom is 0.123 e. The molecule has 0 spiro atoms. The average molecular weight is 367 g/mol. The van der Waals surface area contributed by atoms with Gasteiger partial charge in [-0.1, -0.05) is 76.1 Å². The van der Waals surface area contributed by atoms with Gasteiger partial charge in [-0.2, -0.15) is 0 Å². The van der Waals surface area contributed by atoms with Gasteiger partial charge >= 0.3 is 0 Å². The van der Waals surface area contributed by atoms with E-state index < -0.39 is 0 Å². The van der Waals surface area contributed by atoms with E-state index in [9.17, 15) is 5.11 Å². The van der Waals surface area contributed by atoms with Crippen LogP contribution in [0.5, 0.6) is 5.75 Å². The summed E-state index contributed by atoms with van der Waals surface area (Å²) < 4.78 is 6.34. The summed E-state index contributed by atoms with van der Waals surface area (Å²) >= 11 is 0. The van der Waals surface area contributed by atoms with E-state index in [2.05, 4.69) is 63.2 Å². The van der Waals surface area contributed by atoms with E-state index in [1.807, 2.05) is 6.07 Å². The zero-order valence-corrected chi connectivity index (χ0v) is 17.1. The molecule has 2 nitrogen and oxygen atoms in total. The molecule has 1 N–H and O–H groups in total. The maximum absolute atomic E-state index is 10.2. The van der Waals surface area contributed by atoms with Crippen molar-refractivity contribution in [3.05, 3.63) is 65.2 Å². The first-order valence-corrected chi connectivity index (χ1v) is 10.5. The van der Waals surface area contributed by atoms with Crippen LogP contribution >= 0.6 is 0 Å². The lowest BCUT2D eigenvalue weighted by Crippen LogP contribution is -2.20. The van der Waals surface area contributed by atoms with E-state index in [1.165, 1.54) is 23.1 Å². The van der Waals surface area contributed by atoms with Crippen molar-refractivity contribution in [1.82, 2.24) is 0 Å². The van der Waals surface area contributed by atoms with Crippen LogP contribution in [0.2, 0.25) is 0 Å². The van der Waals surface area contributed by atoms with Gasteiger partial charge in [0.2, 0.25) is 0 Å². The van der Waals surface area contributed by atoms with Gasteiger partial charge in [-0.25, -0.2) is 0 Å². The summed E-state index contributed by atoms with van der Waals surface area (Å²) in [4.78, 5) is 0. The molecule has 0 bridgehead atoms. The SMILES string of the molecule is CCCC(C)(C)c1ccc([C@H]2CCC[C@@H](O)C2)c(OCc2ccccc2)c1. The molecule has 146 valence electrons. The van der Waals surface area contributed by atoms with E-state index in [4.69, 9.17) is 4.74 Å². The second-order valence-corrected chi connectivity index (χ2v) is 8.68. The minimum absolute atomic E-state index is 0.143. The van der Waals surface area contributed by atoms with Crippen molar-refractivity contribution in [2.75, 3.05) is 0 Å². The molecule has 0 unspecified atom stereocenters. The summed E-state index contributed by atoms with van der Waals surface area (Å²) in [6, 6.07) is 17.2. The summed E-state index contributed by atoms with van der Waals surface area (Å²) in [6.07, 6.45) is 6.15. The molecule has 3 rings (SSSR count). The van der Waals surface area contributed by atoms with Crippen LogP contribution in [0.4, 0.5) is 0 Å². The molecule has 1 aliphatic rings. The molecular formula is C25H34O2. The zero-order chi connectivity index (χ0) is 19.3. The van der Waals surface area contributed by atoms with Gasteiger partial charge in [0.1, 0.15) is 12.4 Å². The molecule has 2 heteroatoms. The predicted octanol–water partition coefficient (Wildman–Crippen LogP) is 6.36. The van der Waals surface area contributed by atoms with Crippen molar-refractivity contribution in [2.24, 2.45) is 0 Å². The second-order valence-electron chi connectivity index (χ2n) is 8.68. The highest BCUT2D eigenvalue weighted by atomic mass is 16.5. The van der Waals surface area contributed by atoms with Crippen LogP contribution in [-0.4, -0.2) is 11.2 Å². The van der Waals surface area contributed by atoms with Crippen molar-refractivity contribution in [3.8, 4) is 5.75 Å². The smallest absolute Gasteiger partial charge is 0.123 e. The summed E-state index contributed by atoms with van der Waals surface area (Å²) in [5.74, 6) is 1.39. The highest BCUT2D eigenvalue weighted by molar-refractivity contribution is 5.43. The molecular weight excluding hydrogens is 332 g/mol. The topological polar surface area (TPSA) is 29.5 Å². The number of aliphatic hydroxyl groups excluding tert-OH is 1. The van der Waals surface area contributed by atoms with Crippen molar-refractivity contribution >= 4 is 0 Å². The third kappa shape index (κ3) is 5.13. The monoisotopic (exact) mass is 366 g/mol. The van der Waals surface area contributed by atoms with Crippen LogP contribution in [0.3, 0.4) is 0 Å². The molecule has 0 aliphatic heterocycles. The molecule has 0 aromatic heterocycles. The van der Waals surface area contributed by atoms with Crippen molar-refractivity contribution in [2.45, 2.75) is 83.3 Å². The molecule has 1 fully saturated rings. The van der Waals surface area contributed by atoms with Crippen molar-refractivity contribution in [1.29, 1.82) is 0 Å². The van der Waals surface area contributed by atoms with Gasteiger partial charge in [0, 0.05) is 0 Å². The van der Waals surface area contributed by atoms with Crippen LogP contribution in [0.1, 0.15) is 81.9 Å². The number of ether oxygens (including phenoxy) is 1. The first-order valence-electron chi connectivity index (χ1n) is 10.5. The van der Waals surface area contributed by atoms with Crippen LogP contribution < -0.4 is 4.74 Å². The van der Waals surface area contributed by atoms with Crippen molar-refractivity contribution in [3.63, 3.8) is 0 Å². The van der Waals surface area contributed by atoms with Crippen LogP contribution in [0.15, 0.2) is 48.5 Å². The second kappa shape index (κ2) is 8.93. The van der Waals surface area contributed by atoms with Crippen LogP contribution in [0, 0.1) is 0 Å². The molecule has 2 aromatic carbocycles. The molecule has 0 radical (unpaired) electrons. The van der Waals surface area contributed by atoms with Crippen LogP contribution in [-0.2, 0) is 12.0 Å². The van der Waals surface area contributed by atoms with Gasteiger partial charge < -0.3 is 9.84 Å². The van der Waals surface area contributed by atoms with E-state index in [1.54, 1.807) is 0 Å². The lowest BCUT2D eigenvalue weighted by molar-refractivity contribution is 0.118. The number of aliphatic hydroxyl groups is 1. The van der Waals surface area contributed by atoms with Crippen molar-refractivity contribution < 1.29 is 9.84 Å². The fraction of sp³-hybridized carbons (Fsp3) is 0.520. The van der Waals surface area contributed by atoms with Crippen LogP contribution in [0.25, 0.3) is 0 Å². The third-order valence-electron chi connectivity index (χ3n) is 5.99. The van der Waals surface area contributed by atoms with Gasteiger partial charge in [-0.15, -0.1) is 0 Å². The Kier molecular flexibility index (Phi) is 6.59. The molecule has 0 heterocycles. The first kappa shape index (κ1) is 19.9. The van der Waals surface area contributed by atoms with Gasteiger partial charge in [0.25, 0.3) is 0 Å². The fourth-order valence-corrected chi connectivity index (χ4v) is 4.37. The predicted molar refractivity (Wildman–Crippen MR) is 112 cm³/mol. The lowest BCUT2D eigenvalue weighted by atomic mass is 9.78. The first-order chi connectivity index (χ1) is 13.0. The summed E-state index contributed by atoms with van der Waals surface area (Å²) in [6.45, 7) is 7.46. The normalized spacial score (nSPS) is 20.4. The number of hydrogen-bond donors (Lipinski definition) is 1. The van der Waals surface area contributed by atoms with E-state index in [0.29, 0.717) is 12.5 Å². The van der Waals surface area contributed by atoms with Gasteiger partial charge in [-0.05, 0) is 59.8 Å². The summed E-state index contributed by atoms with van der Waals surface area (Å²) in [5, 5.41) is 10.2. The molecule has 0 amide bonds. The standard InChI is InChI=1S/C25H34O2/c1-4-15-25(2,3)21-13-14-23(20-11-8-12-22(26)16-20)24(17-21)27-18-19-9-6-5-7-10-19/h5-7,9-10,13-14,17,20,22,26H,4,8,11-12,15-16,18H2,1-3H3/t20-,22+/m0/s1. The molecule has 0 saturated heterocycles. The number of hydrogen-bond acceptors (Lipinski definition) is 2. The lowest BCUT2D eigenvalue weighted by Gasteiger charge is -2.30. The minimum atomic E-state index is -0.179. The Morgan fingerprint density at radius 3 is 2.56 bits per heavy atom. The zero-order valence-electron chi connectivity index (χ0n) is 17.1. The number of rotatable bonds is 7. The molecule has 2 aromatic rings. The fourth-order valence-electron chi connectivity index (χ4n) is 4.37. The van der Waals surface area contributed by atoms with E-state index in [0.717, 1.165) is 37.9 Å². The van der Waals surface area contributed by atoms with Gasteiger partial charge in [-0.3, -0.25) is 0 Å². The highest BCUT2D eigenvalue weighted by Crippen LogP contribution is 2.40. The maximum atomic E-state index is 10.2. The largest absolute Gasteiger partial charge is 0.489 e. The Hall–Kier alpha value is -1.80. The highest BCUT2D eigenvalue weighted by Gasteiger charge is 2.26. The van der Waals surface area contributed by atoms with Gasteiger partial charge in [0.15, 0.2) is 0 Å². The average Bonchev–Trinajstić information content (AvgIpc) is 2.67. The third-order valence-corrected chi connectivity index (χ3v) is 5.99. The Morgan fingerprint density at radius 1 is 1.07 bits per heavy atom. The summed E-state index contributed by atoms with van der Waals surface area (Å²) in [7, 11) is 0. The Labute approximate surface area is 164 Å². The van der Waals surface area contributed by atoms with Gasteiger partial charge in [0.05, 0.1) is 6.10 Å². The van der Waals surface area contributed by atoms with E-state index >= 15 is 0 Å².